The second-order valence-electron chi connectivity index (χ2n) is 7.35. The summed E-state index contributed by atoms with van der Waals surface area (Å²) in [5.74, 6) is 2.89. The molecule has 19 heavy (non-hydrogen) atoms. The third-order valence-corrected chi connectivity index (χ3v) is 6.30. The van der Waals surface area contributed by atoms with Crippen LogP contribution < -0.4 is 0 Å². The fraction of sp³-hybridized carbons (Fsp3) is 0.667. The molecule has 2 aliphatic carbocycles. The fourth-order valence-electron chi connectivity index (χ4n) is 5.27. The first-order valence-corrected chi connectivity index (χ1v) is 8.23. The lowest BCUT2D eigenvalue weighted by atomic mass is 9.80. The van der Waals surface area contributed by atoms with Gasteiger partial charge in [-0.2, -0.15) is 0 Å². The van der Waals surface area contributed by atoms with Crippen molar-refractivity contribution in [2.75, 3.05) is 6.54 Å². The van der Waals surface area contributed by atoms with E-state index in [9.17, 15) is 0 Å². The van der Waals surface area contributed by atoms with Gasteiger partial charge in [0.05, 0.1) is 0 Å². The number of benzene rings is 1. The lowest BCUT2D eigenvalue weighted by Gasteiger charge is -2.42. The van der Waals surface area contributed by atoms with Gasteiger partial charge in [0.25, 0.3) is 0 Å². The average molecular weight is 253 g/mol. The van der Waals surface area contributed by atoms with Crippen molar-refractivity contribution >= 4 is 0 Å². The second-order valence-corrected chi connectivity index (χ2v) is 7.35. The molecule has 2 saturated heterocycles. The van der Waals surface area contributed by atoms with Gasteiger partial charge >= 0.3 is 0 Å². The summed E-state index contributed by atoms with van der Waals surface area (Å²) in [6, 6.07) is 11.1. The normalized spacial score (nSPS) is 40.2. The van der Waals surface area contributed by atoms with E-state index in [0.29, 0.717) is 0 Å². The highest BCUT2D eigenvalue weighted by molar-refractivity contribution is 5.38. The van der Waals surface area contributed by atoms with Crippen molar-refractivity contribution in [3.63, 3.8) is 0 Å². The van der Waals surface area contributed by atoms with E-state index in [1.165, 1.54) is 45.1 Å². The molecule has 0 amide bonds. The van der Waals surface area contributed by atoms with E-state index in [1.807, 2.05) is 0 Å². The van der Waals surface area contributed by atoms with Gasteiger partial charge in [-0.25, -0.2) is 0 Å². The first-order valence-electron chi connectivity index (χ1n) is 8.23. The standard InChI is InChI=1S/C18H23N/c1-2-4-15-13(3-1)9-17-16(15)10-14-7-8-18(17)19(14)11-12-5-6-12/h1-4,12,14,16-18H,5-11H2/t14?,16-,17+,18?/m1/s1. The maximum Gasteiger partial charge on any atom is 0.0136 e. The molecule has 2 aliphatic heterocycles. The molecule has 1 nitrogen and oxygen atoms in total. The van der Waals surface area contributed by atoms with Crippen LogP contribution in [0.3, 0.4) is 0 Å². The maximum atomic E-state index is 2.94. The number of piperidine rings is 1. The monoisotopic (exact) mass is 253 g/mol. The molecular formula is C18H23N. The second kappa shape index (κ2) is 3.85. The zero-order valence-electron chi connectivity index (χ0n) is 11.6. The highest BCUT2D eigenvalue weighted by Gasteiger charge is 2.50. The minimum atomic E-state index is 0.893. The first kappa shape index (κ1) is 10.9. The molecule has 1 aromatic carbocycles. The van der Waals surface area contributed by atoms with Gasteiger partial charge in [-0.15, -0.1) is 0 Å². The Balaban J connectivity index is 1.47. The molecule has 1 saturated carbocycles. The van der Waals surface area contributed by atoms with Gasteiger partial charge in [-0.3, -0.25) is 4.90 Å². The quantitative estimate of drug-likeness (QED) is 0.778. The van der Waals surface area contributed by atoms with Crippen LogP contribution >= 0.6 is 0 Å². The van der Waals surface area contributed by atoms with E-state index >= 15 is 0 Å². The summed E-state index contributed by atoms with van der Waals surface area (Å²) in [5, 5.41) is 0. The summed E-state index contributed by atoms with van der Waals surface area (Å²) in [5.41, 5.74) is 3.37. The number of fused-ring (bicyclic) bond motifs is 6. The summed E-state index contributed by atoms with van der Waals surface area (Å²) >= 11 is 0. The van der Waals surface area contributed by atoms with E-state index in [4.69, 9.17) is 0 Å². The van der Waals surface area contributed by atoms with Gasteiger partial charge in [0, 0.05) is 18.6 Å². The molecule has 0 aromatic heterocycles. The van der Waals surface area contributed by atoms with E-state index < -0.39 is 0 Å². The Morgan fingerprint density at radius 1 is 1.05 bits per heavy atom. The molecule has 2 unspecified atom stereocenters. The van der Waals surface area contributed by atoms with Gasteiger partial charge in [0.15, 0.2) is 0 Å². The van der Waals surface area contributed by atoms with Gasteiger partial charge in [0.2, 0.25) is 0 Å². The van der Waals surface area contributed by atoms with E-state index in [0.717, 1.165) is 29.8 Å². The molecule has 3 fully saturated rings. The Kier molecular flexibility index (Phi) is 2.21. The van der Waals surface area contributed by atoms with E-state index in [-0.39, 0.29) is 0 Å². The molecule has 0 N–H and O–H groups in total. The largest absolute Gasteiger partial charge is 0.297 e. The topological polar surface area (TPSA) is 3.24 Å². The Morgan fingerprint density at radius 3 is 2.84 bits per heavy atom. The highest BCUT2D eigenvalue weighted by atomic mass is 15.2. The summed E-state index contributed by atoms with van der Waals surface area (Å²) in [7, 11) is 0. The van der Waals surface area contributed by atoms with Crippen molar-refractivity contribution in [1.82, 2.24) is 4.90 Å². The first-order chi connectivity index (χ1) is 9.40. The Morgan fingerprint density at radius 2 is 1.95 bits per heavy atom. The van der Waals surface area contributed by atoms with Gasteiger partial charge in [-0.1, -0.05) is 24.3 Å². The number of nitrogens with zero attached hydrogens (tertiary/aromatic N) is 1. The van der Waals surface area contributed by atoms with Gasteiger partial charge in [-0.05, 0) is 67.4 Å². The predicted octanol–water partition coefficient (Wildman–Crippen LogP) is 3.59. The molecular weight excluding hydrogens is 230 g/mol. The number of hydrogen-bond donors (Lipinski definition) is 0. The van der Waals surface area contributed by atoms with Crippen LogP contribution in [0.25, 0.3) is 0 Å². The molecule has 1 aromatic rings. The minimum Gasteiger partial charge on any atom is -0.297 e. The van der Waals surface area contributed by atoms with E-state index in [2.05, 4.69) is 29.2 Å². The van der Waals surface area contributed by atoms with Crippen LogP contribution in [0, 0.1) is 11.8 Å². The van der Waals surface area contributed by atoms with Crippen LogP contribution in [0.5, 0.6) is 0 Å². The SMILES string of the molecule is c1ccc2c(c1)C[C@@H]1C3CCC(C[C@H]21)N3CC1CC1. The average Bonchev–Trinajstić information content (AvgIpc) is 3.10. The molecule has 100 valence electrons. The summed E-state index contributed by atoms with van der Waals surface area (Å²) in [6.45, 7) is 1.43. The van der Waals surface area contributed by atoms with Crippen LogP contribution in [-0.2, 0) is 6.42 Å². The van der Waals surface area contributed by atoms with Crippen LogP contribution in [0.4, 0.5) is 0 Å². The van der Waals surface area contributed by atoms with Gasteiger partial charge in [0.1, 0.15) is 0 Å². The molecule has 0 spiro atoms. The number of rotatable bonds is 2. The molecule has 4 atom stereocenters. The third kappa shape index (κ3) is 1.57. The molecule has 2 heterocycles. The van der Waals surface area contributed by atoms with Crippen LogP contribution in [0.15, 0.2) is 24.3 Å². The number of hydrogen-bond acceptors (Lipinski definition) is 1. The van der Waals surface area contributed by atoms with Crippen LogP contribution in [0.1, 0.15) is 49.1 Å². The Labute approximate surface area is 116 Å². The smallest absolute Gasteiger partial charge is 0.0136 e. The Hall–Kier alpha value is -0.820. The summed E-state index contributed by atoms with van der Waals surface area (Å²) < 4.78 is 0. The lowest BCUT2D eigenvalue weighted by Crippen LogP contribution is -2.47. The van der Waals surface area contributed by atoms with Crippen molar-refractivity contribution in [2.24, 2.45) is 11.8 Å². The minimum absolute atomic E-state index is 0.893. The van der Waals surface area contributed by atoms with Crippen molar-refractivity contribution < 1.29 is 0 Å². The highest BCUT2D eigenvalue weighted by Crippen LogP contribution is 2.53. The van der Waals surface area contributed by atoms with Crippen molar-refractivity contribution in [2.45, 2.75) is 56.5 Å². The summed E-state index contributed by atoms with van der Waals surface area (Å²) in [4.78, 5) is 2.94. The predicted molar refractivity (Wildman–Crippen MR) is 77.2 cm³/mol. The molecule has 0 radical (unpaired) electrons. The molecule has 5 rings (SSSR count). The van der Waals surface area contributed by atoms with Crippen LogP contribution in [-0.4, -0.2) is 23.5 Å². The fourth-order valence-corrected chi connectivity index (χ4v) is 5.27. The molecule has 2 bridgehead atoms. The van der Waals surface area contributed by atoms with Crippen molar-refractivity contribution in [1.29, 1.82) is 0 Å². The van der Waals surface area contributed by atoms with E-state index in [1.54, 1.807) is 11.1 Å². The lowest BCUT2D eigenvalue weighted by molar-refractivity contribution is 0.0766. The third-order valence-electron chi connectivity index (χ3n) is 6.30. The molecule has 4 aliphatic rings. The van der Waals surface area contributed by atoms with Crippen molar-refractivity contribution in [3.05, 3.63) is 35.4 Å². The van der Waals surface area contributed by atoms with Crippen molar-refractivity contribution in [3.8, 4) is 0 Å². The Bertz CT molecular complexity index is 504. The van der Waals surface area contributed by atoms with Gasteiger partial charge < -0.3 is 0 Å². The zero-order chi connectivity index (χ0) is 12.4. The summed E-state index contributed by atoms with van der Waals surface area (Å²) in [6.07, 6.45) is 8.78. The maximum absolute atomic E-state index is 2.94. The van der Waals surface area contributed by atoms with Crippen LogP contribution in [0.2, 0.25) is 0 Å². The zero-order valence-corrected chi connectivity index (χ0v) is 11.6. The molecule has 1 heteroatoms.